The highest BCUT2D eigenvalue weighted by Crippen LogP contribution is 2.31. The van der Waals surface area contributed by atoms with Crippen LogP contribution in [0.25, 0.3) is 0 Å². The molecular formula is C19H26N4O6. The summed E-state index contributed by atoms with van der Waals surface area (Å²) < 4.78 is 5.02. The van der Waals surface area contributed by atoms with Crippen molar-refractivity contribution in [1.29, 1.82) is 0 Å². The second-order valence-electron chi connectivity index (χ2n) is 6.59. The summed E-state index contributed by atoms with van der Waals surface area (Å²) in [5.41, 5.74) is 0.303. The normalized spacial score (nSPS) is 13.1. The summed E-state index contributed by atoms with van der Waals surface area (Å²) >= 11 is 0. The molecule has 0 saturated carbocycles. The van der Waals surface area contributed by atoms with Crippen LogP contribution in [-0.4, -0.2) is 66.9 Å². The van der Waals surface area contributed by atoms with E-state index in [1.54, 1.807) is 13.8 Å². The average molecular weight is 406 g/mol. The molecular weight excluding hydrogens is 380 g/mol. The molecule has 0 spiro atoms. The number of amides is 2. The molecule has 1 N–H and O–H groups in total. The number of anilines is 1. The second-order valence-corrected chi connectivity index (χ2v) is 6.59. The number of nitrogens with zero attached hydrogens (tertiary/aromatic N) is 3. The number of esters is 1. The van der Waals surface area contributed by atoms with E-state index in [4.69, 9.17) is 4.74 Å². The predicted molar refractivity (Wildman–Crippen MR) is 106 cm³/mol. The lowest BCUT2D eigenvalue weighted by atomic mass is 10.1. The Kier molecular flexibility index (Phi) is 7.93. The smallest absolute Gasteiger partial charge is 0.338 e. The van der Waals surface area contributed by atoms with Crippen molar-refractivity contribution in [3.8, 4) is 0 Å². The summed E-state index contributed by atoms with van der Waals surface area (Å²) in [4.78, 5) is 50.2. The summed E-state index contributed by atoms with van der Waals surface area (Å²) in [6, 6.07) is 4.17. The molecule has 1 fully saturated rings. The minimum Gasteiger partial charge on any atom is -0.452 e. The van der Waals surface area contributed by atoms with Crippen LogP contribution in [0.3, 0.4) is 0 Å². The monoisotopic (exact) mass is 406 g/mol. The number of hydrogen-bond donors (Lipinski definition) is 1. The first kappa shape index (κ1) is 22.1. The van der Waals surface area contributed by atoms with Gasteiger partial charge in [0.05, 0.1) is 17.0 Å². The van der Waals surface area contributed by atoms with Crippen LogP contribution < -0.4 is 10.2 Å². The molecule has 0 atom stereocenters. The van der Waals surface area contributed by atoms with Gasteiger partial charge in [-0.25, -0.2) is 4.79 Å². The molecule has 2 amide bonds. The molecule has 0 aliphatic carbocycles. The highest BCUT2D eigenvalue weighted by atomic mass is 16.6. The van der Waals surface area contributed by atoms with Crippen LogP contribution in [0.15, 0.2) is 18.2 Å². The molecule has 1 aliphatic heterocycles. The average Bonchev–Trinajstić information content (AvgIpc) is 3.24. The van der Waals surface area contributed by atoms with Gasteiger partial charge in [-0.3, -0.25) is 19.7 Å². The highest BCUT2D eigenvalue weighted by molar-refractivity contribution is 5.93. The van der Waals surface area contributed by atoms with E-state index in [2.05, 4.69) is 5.32 Å². The van der Waals surface area contributed by atoms with E-state index in [0.29, 0.717) is 12.2 Å². The van der Waals surface area contributed by atoms with Gasteiger partial charge in [0.1, 0.15) is 5.69 Å². The zero-order valence-corrected chi connectivity index (χ0v) is 16.7. The van der Waals surface area contributed by atoms with E-state index < -0.39 is 23.4 Å². The number of rotatable bonds is 9. The Morgan fingerprint density at radius 1 is 1.24 bits per heavy atom. The Morgan fingerprint density at radius 2 is 1.93 bits per heavy atom. The van der Waals surface area contributed by atoms with E-state index in [1.807, 2.05) is 4.90 Å². The summed E-state index contributed by atoms with van der Waals surface area (Å²) in [5.74, 6) is -1.65. The van der Waals surface area contributed by atoms with Gasteiger partial charge in [0.15, 0.2) is 6.61 Å². The van der Waals surface area contributed by atoms with Gasteiger partial charge in [-0.2, -0.15) is 0 Å². The van der Waals surface area contributed by atoms with Crippen molar-refractivity contribution >= 4 is 29.2 Å². The minimum absolute atomic E-state index is 0.000721. The quantitative estimate of drug-likeness (QED) is 0.373. The van der Waals surface area contributed by atoms with Crippen molar-refractivity contribution in [3.05, 3.63) is 33.9 Å². The molecule has 10 nitrogen and oxygen atoms in total. The molecule has 2 rings (SSSR count). The number of carbonyl (C=O) groups is 3. The highest BCUT2D eigenvalue weighted by Gasteiger charge is 2.25. The van der Waals surface area contributed by atoms with Crippen molar-refractivity contribution in [3.63, 3.8) is 0 Å². The van der Waals surface area contributed by atoms with E-state index >= 15 is 0 Å². The van der Waals surface area contributed by atoms with E-state index in [9.17, 15) is 24.5 Å². The lowest BCUT2D eigenvalue weighted by Gasteiger charge is -2.20. The lowest BCUT2D eigenvalue weighted by molar-refractivity contribution is -0.384. The van der Waals surface area contributed by atoms with Crippen LogP contribution in [0, 0.1) is 10.1 Å². The van der Waals surface area contributed by atoms with Gasteiger partial charge in [-0.15, -0.1) is 0 Å². The SMILES string of the molecule is CCNC(=O)CN(CC)C(=O)COC(=O)c1ccc(N2CCCC2)c([N+](=O)[O-])c1. The van der Waals surface area contributed by atoms with Crippen LogP contribution >= 0.6 is 0 Å². The molecule has 29 heavy (non-hydrogen) atoms. The fourth-order valence-electron chi connectivity index (χ4n) is 3.13. The third kappa shape index (κ3) is 5.90. The number of nitro benzene ring substituents is 1. The van der Waals surface area contributed by atoms with Crippen LogP contribution in [0.4, 0.5) is 11.4 Å². The molecule has 1 aliphatic rings. The first-order valence-corrected chi connectivity index (χ1v) is 9.62. The van der Waals surface area contributed by atoms with Crippen LogP contribution in [-0.2, 0) is 14.3 Å². The Bertz CT molecular complexity index is 776. The van der Waals surface area contributed by atoms with Gasteiger partial charge >= 0.3 is 5.97 Å². The number of nitro groups is 1. The molecule has 1 saturated heterocycles. The first-order chi connectivity index (χ1) is 13.9. The van der Waals surface area contributed by atoms with Crippen LogP contribution in [0.1, 0.15) is 37.0 Å². The van der Waals surface area contributed by atoms with Crippen molar-refractivity contribution < 1.29 is 24.0 Å². The van der Waals surface area contributed by atoms with Crippen molar-refractivity contribution in [2.45, 2.75) is 26.7 Å². The largest absolute Gasteiger partial charge is 0.452 e. The van der Waals surface area contributed by atoms with Gasteiger partial charge in [0, 0.05) is 32.2 Å². The predicted octanol–water partition coefficient (Wildman–Crippen LogP) is 1.34. The molecule has 0 aromatic heterocycles. The standard InChI is InChI=1S/C19H26N4O6/c1-3-20-17(24)12-21(4-2)18(25)13-29-19(26)14-7-8-15(16(11-14)23(27)28)22-9-5-6-10-22/h7-8,11H,3-6,9-10,12-13H2,1-2H3,(H,20,24). The van der Waals surface area contributed by atoms with Gasteiger partial charge in [0.2, 0.25) is 5.91 Å². The molecule has 10 heteroatoms. The maximum atomic E-state index is 12.3. The molecule has 0 bridgehead atoms. The third-order valence-electron chi connectivity index (χ3n) is 4.62. The summed E-state index contributed by atoms with van der Waals surface area (Å²) in [6.07, 6.45) is 1.93. The number of likely N-dealkylation sites (N-methyl/N-ethyl adjacent to an activating group) is 2. The Labute approximate surface area is 168 Å². The van der Waals surface area contributed by atoms with Crippen LogP contribution in [0.5, 0.6) is 0 Å². The van der Waals surface area contributed by atoms with Crippen LogP contribution in [0.2, 0.25) is 0 Å². The molecule has 0 radical (unpaired) electrons. The molecule has 0 unspecified atom stereocenters. The molecule has 158 valence electrons. The zero-order valence-electron chi connectivity index (χ0n) is 16.7. The van der Waals surface area contributed by atoms with E-state index in [1.165, 1.54) is 23.1 Å². The zero-order chi connectivity index (χ0) is 21.4. The summed E-state index contributed by atoms with van der Waals surface area (Å²) in [6.45, 7) is 5.00. The van der Waals surface area contributed by atoms with E-state index in [-0.39, 0.29) is 30.2 Å². The molecule has 1 aromatic carbocycles. The van der Waals surface area contributed by atoms with Gasteiger partial charge in [-0.05, 0) is 38.8 Å². The minimum atomic E-state index is -0.830. The Balaban J connectivity index is 2.02. The fourth-order valence-corrected chi connectivity index (χ4v) is 3.13. The maximum Gasteiger partial charge on any atom is 0.338 e. The third-order valence-corrected chi connectivity index (χ3v) is 4.62. The van der Waals surface area contributed by atoms with E-state index in [0.717, 1.165) is 25.9 Å². The maximum absolute atomic E-state index is 12.3. The van der Waals surface area contributed by atoms with Crippen molar-refractivity contribution in [2.75, 3.05) is 44.2 Å². The summed E-state index contributed by atoms with van der Waals surface area (Å²) in [5, 5.41) is 14.0. The first-order valence-electron chi connectivity index (χ1n) is 9.62. The lowest BCUT2D eigenvalue weighted by Crippen LogP contribution is -2.42. The Morgan fingerprint density at radius 3 is 2.52 bits per heavy atom. The van der Waals surface area contributed by atoms with Gasteiger partial charge in [-0.1, -0.05) is 0 Å². The van der Waals surface area contributed by atoms with Gasteiger partial charge < -0.3 is 19.9 Å². The number of ether oxygens (including phenoxy) is 1. The number of hydrogen-bond acceptors (Lipinski definition) is 7. The number of benzene rings is 1. The van der Waals surface area contributed by atoms with Gasteiger partial charge in [0.25, 0.3) is 11.6 Å². The molecule has 1 aromatic rings. The van der Waals surface area contributed by atoms with Crippen molar-refractivity contribution in [1.82, 2.24) is 10.2 Å². The summed E-state index contributed by atoms with van der Waals surface area (Å²) in [7, 11) is 0. The number of nitrogens with one attached hydrogen (secondary N) is 1. The number of carbonyl (C=O) groups excluding carboxylic acids is 3. The Hall–Kier alpha value is -3.17. The second kappa shape index (κ2) is 10.4. The topological polar surface area (TPSA) is 122 Å². The van der Waals surface area contributed by atoms with Crippen molar-refractivity contribution in [2.24, 2.45) is 0 Å². The molecule has 1 heterocycles. The fraction of sp³-hybridized carbons (Fsp3) is 0.526.